The quantitative estimate of drug-likeness (QED) is 0.815. The Kier molecular flexibility index (Phi) is 3.77. The number of hydrogen-bond donors (Lipinski definition) is 0. The van der Waals surface area contributed by atoms with Crippen molar-refractivity contribution < 1.29 is 8.42 Å². The number of nitrogens with zero attached hydrogens (tertiary/aromatic N) is 3. The highest BCUT2D eigenvalue weighted by Crippen LogP contribution is 2.37. The maximum atomic E-state index is 12.9. The highest BCUT2D eigenvalue weighted by molar-refractivity contribution is 7.89. The van der Waals surface area contributed by atoms with Gasteiger partial charge >= 0.3 is 0 Å². The van der Waals surface area contributed by atoms with Gasteiger partial charge in [-0.05, 0) is 37.1 Å². The number of aryl methyl sites for hydroxylation is 1. The molecule has 0 unspecified atom stereocenters. The van der Waals surface area contributed by atoms with Crippen LogP contribution in [0.1, 0.15) is 24.6 Å². The van der Waals surface area contributed by atoms with E-state index in [9.17, 15) is 8.42 Å². The molecule has 0 bridgehead atoms. The van der Waals surface area contributed by atoms with Gasteiger partial charge in [0.15, 0.2) is 0 Å². The van der Waals surface area contributed by atoms with E-state index in [1.807, 2.05) is 29.9 Å². The molecule has 2 aromatic heterocycles. The third kappa shape index (κ3) is 2.47. The molecule has 0 saturated carbocycles. The van der Waals surface area contributed by atoms with Crippen LogP contribution in [0.3, 0.4) is 0 Å². The summed E-state index contributed by atoms with van der Waals surface area (Å²) in [6, 6.07) is 6.84. The van der Waals surface area contributed by atoms with Gasteiger partial charge < -0.3 is 4.57 Å². The minimum absolute atomic E-state index is 0.0232. The van der Waals surface area contributed by atoms with Gasteiger partial charge in [0.2, 0.25) is 10.0 Å². The Hall–Kier alpha value is -1.37. The molecule has 0 aromatic carbocycles. The number of sulfonamides is 1. The van der Waals surface area contributed by atoms with Crippen LogP contribution in [0.25, 0.3) is 0 Å². The van der Waals surface area contributed by atoms with E-state index in [0.29, 0.717) is 6.54 Å². The van der Waals surface area contributed by atoms with E-state index in [2.05, 4.69) is 4.98 Å². The average Bonchev–Trinajstić information content (AvgIpc) is 3.07. The lowest BCUT2D eigenvalue weighted by atomic mass is 10.1. The normalized spacial score (nSPS) is 20.0. The topological polar surface area (TPSA) is 55.2 Å². The number of hydrogen-bond acceptors (Lipinski definition) is 3. The second kappa shape index (κ2) is 5.44. The van der Waals surface area contributed by atoms with Crippen molar-refractivity contribution in [3.8, 4) is 0 Å². The van der Waals surface area contributed by atoms with E-state index < -0.39 is 10.0 Å². The number of halogens is 1. The summed E-state index contributed by atoms with van der Waals surface area (Å²) in [7, 11) is -1.71. The van der Waals surface area contributed by atoms with Gasteiger partial charge in [-0.2, -0.15) is 4.31 Å². The van der Waals surface area contributed by atoms with Crippen LogP contribution in [0.2, 0.25) is 5.15 Å². The molecule has 2 aromatic rings. The van der Waals surface area contributed by atoms with Crippen LogP contribution >= 0.6 is 11.6 Å². The molecular formula is C14H16ClN3O2S. The minimum atomic E-state index is -3.64. The zero-order valence-electron chi connectivity index (χ0n) is 11.6. The van der Waals surface area contributed by atoms with E-state index in [4.69, 9.17) is 11.6 Å². The van der Waals surface area contributed by atoms with Crippen LogP contribution in [0.4, 0.5) is 0 Å². The summed E-state index contributed by atoms with van der Waals surface area (Å²) in [6.07, 6.45) is 5.07. The fourth-order valence-corrected chi connectivity index (χ4v) is 4.93. The Morgan fingerprint density at radius 3 is 2.81 bits per heavy atom. The number of rotatable bonds is 3. The molecule has 1 aliphatic rings. The predicted molar refractivity (Wildman–Crippen MR) is 80.5 cm³/mol. The maximum Gasteiger partial charge on any atom is 0.246 e. The summed E-state index contributed by atoms with van der Waals surface area (Å²) < 4.78 is 29.2. The van der Waals surface area contributed by atoms with Gasteiger partial charge in [0.1, 0.15) is 10.0 Å². The third-order valence-electron chi connectivity index (χ3n) is 3.84. The Balaban J connectivity index is 2.03. The van der Waals surface area contributed by atoms with Crippen LogP contribution in [0.5, 0.6) is 0 Å². The van der Waals surface area contributed by atoms with Crippen molar-refractivity contribution in [2.24, 2.45) is 7.05 Å². The molecule has 1 saturated heterocycles. The fraction of sp³-hybridized carbons (Fsp3) is 0.357. The predicted octanol–water partition coefficient (Wildman–Crippen LogP) is 2.60. The van der Waals surface area contributed by atoms with Crippen LogP contribution in [0, 0.1) is 0 Å². The molecule has 21 heavy (non-hydrogen) atoms. The van der Waals surface area contributed by atoms with Crippen LogP contribution in [-0.4, -0.2) is 28.8 Å². The number of pyridine rings is 1. The molecule has 1 fully saturated rings. The molecule has 1 aliphatic heterocycles. The van der Waals surface area contributed by atoms with Crippen LogP contribution in [0.15, 0.2) is 41.6 Å². The maximum absolute atomic E-state index is 12.9. The van der Waals surface area contributed by atoms with Crippen molar-refractivity contribution in [2.45, 2.75) is 23.8 Å². The van der Waals surface area contributed by atoms with Gasteiger partial charge in [0.25, 0.3) is 0 Å². The lowest BCUT2D eigenvalue weighted by Crippen LogP contribution is -2.31. The van der Waals surface area contributed by atoms with Gasteiger partial charge in [0.05, 0.1) is 6.04 Å². The first kappa shape index (κ1) is 14.6. The second-order valence-corrected chi connectivity index (χ2v) is 7.33. The van der Waals surface area contributed by atoms with E-state index in [1.54, 1.807) is 6.07 Å². The summed E-state index contributed by atoms with van der Waals surface area (Å²) in [5, 5.41) is 0.0232. The lowest BCUT2D eigenvalue weighted by molar-refractivity contribution is 0.384. The second-order valence-electron chi connectivity index (χ2n) is 5.11. The lowest BCUT2D eigenvalue weighted by Gasteiger charge is -2.24. The van der Waals surface area contributed by atoms with Crippen LogP contribution < -0.4 is 0 Å². The van der Waals surface area contributed by atoms with Crippen molar-refractivity contribution in [1.29, 1.82) is 0 Å². The SMILES string of the molecule is Cn1cccc1[C@H]1CCCN1S(=O)(=O)c1cccnc1Cl. The molecule has 3 heterocycles. The highest BCUT2D eigenvalue weighted by atomic mass is 35.5. The van der Waals surface area contributed by atoms with Crippen molar-refractivity contribution >= 4 is 21.6 Å². The first-order valence-electron chi connectivity index (χ1n) is 6.75. The van der Waals surface area contributed by atoms with Gasteiger partial charge in [-0.1, -0.05) is 11.6 Å². The molecular weight excluding hydrogens is 310 g/mol. The third-order valence-corrected chi connectivity index (χ3v) is 6.19. The highest BCUT2D eigenvalue weighted by Gasteiger charge is 2.38. The average molecular weight is 326 g/mol. The fourth-order valence-electron chi connectivity index (χ4n) is 2.83. The van der Waals surface area contributed by atoms with Gasteiger partial charge in [-0.15, -0.1) is 0 Å². The minimum Gasteiger partial charge on any atom is -0.353 e. The first-order chi connectivity index (χ1) is 10.0. The van der Waals surface area contributed by atoms with E-state index in [0.717, 1.165) is 18.5 Å². The standard InChI is InChI=1S/C14H16ClN3O2S/c1-17-9-3-5-11(17)12-6-4-10-18(12)21(19,20)13-7-2-8-16-14(13)15/h2-3,5,7-9,12H,4,6,10H2,1H3/t12-/m1/s1. The van der Waals surface area contributed by atoms with E-state index in [1.165, 1.54) is 16.6 Å². The Bertz CT molecular complexity index is 757. The van der Waals surface area contributed by atoms with Crippen molar-refractivity contribution in [2.75, 3.05) is 6.54 Å². The number of aromatic nitrogens is 2. The van der Waals surface area contributed by atoms with Gasteiger partial charge in [-0.3, -0.25) is 0 Å². The van der Waals surface area contributed by atoms with E-state index in [-0.39, 0.29) is 16.1 Å². The molecule has 0 aliphatic carbocycles. The Morgan fingerprint density at radius 1 is 1.33 bits per heavy atom. The molecule has 0 spiro atoms. The molecule has 0 radical (unpaired) electrons. The zero-order chi connectivity index (χ0) is 15.0. The molecule has 3 rings (SSSR count). The summed E-state index contributed by atoms with van der Waals surface area (Å²) in [4.78, 5) is 3.95. The van der Waals surface area contributed by atoms with Gasteiger partial charge in [-0.25, -0.2) is 13.4 Å². The molecule has 5 nitrogen and oxygen atoms in total. The van der Waals surface area contributed by atoms with Crippen molar-refractivity contribution in [3.05, 3.63) is 47.5 Å². The summed E-state index contributed by atoms with van der Waals surface area (Å²) >= 11 is 5.97. The van der Waals surface area contributed by atoms with Crippen molar-refractivity contribution in [1.82, 2.24) is 13.9 Å². The van der Waals surface area contributed by atoms with Crippen molar-refractivity contribution in [3.63, 3.8) is 0 Å². The molecule has 7 heteroatoms. The molecule has 0 amide bonds. The molecule has 112 valence electrons. The largest absolute Gasteiger partial charge is 0.353 e. The smallest absolute Gasteiger partial charge is 0.246 e. The zero-order valence-corrected chi connectivity index (χ0v) is 13.2. The Morgan fingerprint density at radius 2 is 2.14 bits per heavy atom. The summed E-state index contributed by atoms with van der Waals surface area (Å²) in [6.45, 7) is 0.503. The van der Waals surface area contributed by atoms with E-state index >= 15 is 0 Å². The first-order valence-corrected chi connectivity index (χ1v) is 8.57. The monoisotopic (exact) mass is 325 g/mol. The molecule has 0 N–H and O–H groups in total. The van der Waals surface area contributed by atoms with Gasteiger partial charge in [0, 0.05) is 31.7 Å². The van der Waals surface area contributed by atoms with Crippen LogP contribution in [-0.2, 0) is 17.1 Å². The Labute approximate surface area is 129 Å². The summed E-state index contributed by atoms with van der Waals surface area (Å²) in [5.41, 5.74) is 0.996. The summed E-state index contributed by atoms with van der Waals surface area (Å²) in [5.74, 6) is 0. The molecule has 1 atom stereocenters.